The highest BCUT2D eigenvalue weighted by Crippen LogP contribution is 2.16. The zero-order valence-electron chi connectivity index (χ0n) is 11.2. The van der Waals surface area contributed by atoms with Crippen LogP contribution in [0.4, 0.5) is 5.69 Å². The average Bonchev–Trinajstić information content (AvgIpc) is 2.47. The number of hydrogen-bond donors (Lipinski definition) is 2. The highest BCUT2D eigenvalue weighted by atomic mass is 35.5. The van der Waals surface area contributed by atoms with E-state index in [2.05, 4.69) is 5.32 Å². The third-order valence-corrected chi connectivity index (χ3v) is 3.20. The Bertz CT molecular complexity index is 739. The Morgan fingerprint density at radius 2 is 1.68 bits per heavy atom. The van der Waals surface area contributed by atoms with E-state index >= 15 is 0 Å². The first-order chi connectivity index (χ1) is 10.5. The summed E-state index contributed by atoms with van der Waals surface area (Å²) in [6.45, 7) is 0. The molecule has 0 atom stereocenters. The molecule has 2 aromatic carbocycles. The molecule has 22 heavy (non-hydrogen) atoms. The summed E-state index contributed by atoms with van der Waals surface area (Å²) in [6.07, 6.45) is 0.850. The summed E-state index contributed by atoms with van der Waals surface area (Å²) in [6, 6.07) is 12.5. The number of ketones is 1. The van der Waals surface area contributed by atoms with Crippen molar-refractivity contribution in [3.8, 4) is 0 Å². The molecule has 0 aromatic heterocycles. The molecule has 0 saturated heterocycles. The van der Waals surface area contributed by atoms with Gasteiger partial charge in [-0.3, -0.25) is 9.59 Å². The van der Waals surface area contributed by atoms with Crippen molar-refractivity contribution >= 4 is 40.6 Å². The highest BCUT2D eigenvalue weighted by Gasteiger charge is 2.11. The molecular formula is C16H11Cl2NO3. The normalized spacial score (nSPS) is 11.1. The van der Waals surface area contributed by atoms with E-state index in [-0.39, 0.29) is 0 Å². The van der Waals surface area contributed by atoms with Crippen molar-refractivity contribution in [2.45, 2.75) is 0 Å². The number of rotatable bonds is 4. The van der Waals surface area contributed by atoms with Crippen LogP contribution in [0.3, 0.4) is 0 Å². The molecule has 1 amide bonds. The Kier molecular flexibility index (Phi) is 5.20. The number of carbonyl (C=O) groups is 2. The lowest BCUT2D eigenvalue weighted by Gasteiger charge is -2.04. The summed E-state index contributed by atoms with van der Waals surface area (Å²) in [7, 11) is 0. The van der Waals surface area contributed by atoms with E-state index in [0.29, 0.717) is 21.3 Å². The molecule has 6 heteroatoms. The van der Waals surface area contributed by atoms with Crippen molar-refractivity contribution in [1.29, 1.82) is 0 Å². The fourth-order valence-corrected chi connectivity index (χ4v) is 1.96. The Morgan fingerprint density at radius 3 is 2.32 bits per heavy atom. The fraction of sp³-hybridized carbons (Fsp3) is 0. The smallest absolute Gasteiger partial charge is 0.290 e. The molecular weight excluding hydrogens is 325 g/mol. The SMILES string of the molecule is O=C(Nc1cccc(Cl)c1)/C(O)=C/C(=O)c1ccc(Cl)cc1. The van der Waals surface area contributed by atoms with Crippen LogP contribution in [0.15, 0.2) is 60.4 Å². The van der Waals surface area contributed by atoms with Crippen LogP contribution in [0, 0.1) is 0 Å². The number of halogens is 2. The van der Waals surface area contributed by atoms with Gasteiger partial charge < -0.3 is 10.4 Å². The Hall–Kier alpha value is -2.30. The van der Waals surface area contributed by atoms with Crippen LogP contribution in [0.2, 0.25) is 10.0 Å². The maximum Gasteiger partial charge on any atom is 0.290 e. The molecule has 0 aliphatic rings. The van der Waals surface area contributed by atoms with Crippen molar-refractivity contribution in [1.82, 2.24) is 0 Å². The minimum atomic E-state index is -0.801. The van der Waals surface area contributed by atoms with E-state index in [4.69, 9.17) is 23.2 Å². The zero-order chi connectivity index (χ0) is 16.1. The minimum Gasteiger partial charge on any atom is -0.503 e. The number of aliphatic hydroxyl groups is 1. The maximum absolute atomic E-state index is 11.9. The van der Waals surface area contributed by atoms with Crippen molar-refractivity contribution < 1.29 is 14.7 Å². The first-order valence-corrected chi connectivity index (χ1v) is 6.99. The summed E-state index contributed by atoms with van der Waals surface area (Å²) in [5.41, 5.74) is 0.725. The molecule has 4 nitrogen and oxygen atoms in total. The van der Waals surface area contributed by atoms with Gasteiger partial charge >= 0.3 is 0 Å². The first-order valence-electron chi connectivity index (χ1n) is 6.23. The van der Waals surface area contributed by atoms with E-state index in [0.717, 1.165) is 6.08 Å². The average molecular weight is 336 g/mol. The van der Waals surface area contributed by atoms with E-state index < -0.39 is 17.4 Å². The highest BCUT2D eigenvalue weighted by molar-refractivity contribution is 6.31. The van der Waals surface area contributed by atoms with Gasteiger partial charge in [-0.2, -0.15) is 0 Å². The molecule has 0 aliphatic heterocycles. The zero-order valence-corrected chi connectivity index (χ0v) is 12.7. The van der Waals surface area contributed by atoms with E-state index in [9.17, 15) is 14.7 Å². The number of hydrogen-bond acceptors (Lipinski definition) is 3. The first kappa shape index (κ1) is 16.1. The van der Waals surface area contributed by atoms with Crippen LogP contribution in [0.25, 0.3) is 0 Å². The summed E-state index contributed by atoms with van der Waals surface area (Å²) in [5, 5.41) is 13.1. The summed E-state index contributed by atoms with van der Waals surface area (Å²) < 4.78 is 0. The summed E-state index contributed by atoms with van der Waals surface area (Å²) in [4.78, 5) is 23.7. The molecule has 0 unspecified atom stereocenters. The predicted molar refractivity (Wildman–Crippen MR) is 86.6 cm³/mol. The van der Waals surface area contributed by atoms with E-state index in [1.54, 1.807) is 30.3 Å². The lowest BCUT2D eigenvalue weighted by Crippen LogP contribution is -2.15. The molecule has 0 heterocycles. The quantitative estimate of drug-likeness (QED) is 0.498. The third kappa shape index (κ3) is 4.35. The van der Waals surface area contributed by atoms with Gasteiger partial charge in [0.15, 0.2) is 11.5 Å². The number of anilines is 1. The molecule has 2 N–H and O–H groups in total. The van der Waals surface area contributed by atoms with Gasteiger partial charge in [0.25, 0.3) is 5.91 Å². The van der Waals surface area contributed by atoms with Crippen molar-refractivity contribution in [3.63, 3.8) is 0 Å². The molecule has 0 radical (unpaired) electrons. The van der Waals surface area contributed by atoms with Crippen molar-refractivity contribution in [3.05, 3.63) is 76.0 Å². The summed E-state index contributed by atoms with van der Waals surface area (Å²) in [5.74, 6) is -2.00. The molecule has 2 aromatic rings. The Balaban J connectivity index is 2.09. The predicted octanol–water partition coefficient (Wildman–Crippen LogP) is 4.26. The molecule has 2 rings (SSSR count). The minimum absolute atomic E-state index is 0.312. The van der Waals surface area contributed by atoms with Gasteiger partial charge in [0.1, 0.15) is 0 Å². The van der Waals surface area contributed by atoms with Crippen LogP contribution in [-0.2, 0) is 4.79 Å². The number of carbonyl (C=O) groups excluding carboxylic acids is 2. The van der Waals surface area contributed by atoms with Crippen molar-refractivity contribution in [2.24, 2.45) is 0 Å². The molecule has 0 saturated carbocycles. The monoisotopic (exact) mass is 335 g/mol. The van der Waals surface area contributed by atoms with E-state index in [1.165, 1.54) is 18.2 Å². The van der Waals surface area contributed by atoms with Crippen LogP contribution in [0.1, 0.15) is 10.4 Å². The Labute approximate surface area is 137 Å². The number of nitrogens with one attached hydrogen (secondary N) is 1. The molecule has 0 bridgehead atoms. The molecule has 0 spiro atoms. The largest absolute Gasteiger partial charge is 0.503 e. The topological polar surface area (TPSA) is 66.4 Å². The molecule has 0 fully saturated rings. The van der Waals surface area contributed by atoms with Gasteiger partial charge in [0.05, 0.1) is 0 Å². The van der Waals surface area contributed by atoms with Gasteiger partial charge in [-0.25, -0.2) is 0 Å². The number of amides is 1. The van der Waals surface area contributed by atoms with Crippen LogP contribution < -0.4 is 5.32 Å². The standard InChI is InChI=1S/C16H11Cl2NO3/c17-11-6-4-10(5-7-11)14(20)9-15(21)16(22)19-13-3-1-2-12(18)8-13/h1-9,21H,(H,19,22)/b15-9-. The second-order valence-electron chi connectivity index (χ2n) is 4.37. The van der Waals surface area contributed by atoms with Crippen LogP contribution in [0.5, 0.6) is 0 Å². The van der Waals surface area contributed by atoms with Gasteiger partial charge in [-0.1, -0.05) is 29.3 Å². The van der Waals surface area contributed by atoms with Gasteiger partial charge in [0, 0.05) is 27.4 Å². The van der Waals surface area contributed by atoms with Gasteiger partial charge in [-0.15, -0.1) is 0 Å². The number of allylic oxidation sites excluding steroid dienone is 1. The third-order valence-electron chi connectivity index (χ3n) is 2.71. The van der Waals surface area contributed by atoms with Gasteiger partial charge in [0.2, 0.25) is 0 Å². The number of aliphatic hydroxyl groups excluding tert-OH is 1. The second-order valence-corrected chi connectivity index (χ2v) is 5.24. The Morgan fingerprint density at radius 1 is 1.00 bits per heavy atom. The lowest BCUT2D eigenvalue weighted by molar-refractivity contribution is -0.115. The van der Waals surface area contributed by atoms with Gasteiger partial charge in [-0.05, 0) is 42.5 Å². The van der Waals surface area contributed by atoms with E-state index in [1.807, 2.05) is 0 Å². The van der Waals surface area contributed by atoms with Crippen LogP contribution >= 0.6 is 23.2 Å². The molecule has 112 valence electrons. The molecule has 0 aliphatic carbocycles. The second kappa shape index (κ2) is 7.11. The lowest BCUT2D eigenvalue weighted by atomic mass is 10.1. The summed E-state index contributed by atoms with van der Waals surface area (Å²) >= 11 is 11.5. The van der Waals surface area contributed by atoms with Crippen molar-refractivity contribution in [2.75, 3.05) is 5.32 Å². The number of benzene rings is 2. The van der Waals surface area contributed by atoms with Crippen LogP contribution in [-0.4, -0.2) is 16.8 Å². The fourth-order valence-electron chi connectivity index (χ4n) is 1.65. The maximum atomic E-state index is 11.9.